The minimum atomic E-state index is -4.72. The number of nitrogens with one attached hydrogen (secondary N) is 1. The maximum absolute atomic E-state index is 14.9. The molecule has 1 aromatic heterocycles. The monoisotopic (exact) mass is 446 g/mol. The largest absolute Gasteiger partial charge is 0.368 e. The summed E-state index contributed by atoms with van der Waals surface area (Å²) < 4.78 is 69.7. The molecule has 156 valence electrons. The minimum Gasteiger partial charge on any atom is -0.368 e. The third-order valence-electron chi connectivity index (χ3n) is 5.72. The zero-order chi connectivity index (χ0) is 21.0. The van der Waals surface area contributed by atoms with Crippen molar-refractivity contribution < 1.29 is 21.6 Å². The van der Waals surface area contributed by atoms with E-state index in [0.717, 1.165) is 37.6 Å². The molecule has 1 unspecified atom stereocenters. The van der Waals surface area contributed by atoms with Gasteiger partial charge in [-0.05, 0) is 32.0 Å². The number of anilines is 2. The molecule has 2 fully saturated rings. The first-order chi connectivity index (χ1) is 13.6. The van der Waals surface area contributed by atoms with Gasteiger partial charge in [-0.15, -0.1) is 0 Å². The van der Waals surface area contributed by atoms with Crippen LogP contribution in [0.3, 0.4) is 0 Å². The molecule has 2 aromatic rings. The fourth-order valence-corrected chi connectivity index (χ4v) is 5.39. The van der Waals surface area contributed by atoms with E-state index in [2.05, 4.69) is 9.88 Å². The van der Waals surface area contributed by atoms with E-state index in [1.165, 1.54) is 6.07 Å². The van der Waals surface area contributed by atoms with Gasteiger partial charge in [0, 0.05) is 31.2 Å². The first-order valence-corrected chi connectivity index (χ1v) is 10.8. The molecule has 4 rings (SSSR count). The van der Waals surface area contributed by atoms with Gasteiger partial charge in [-0.25, -0.2) is 22.2 Å². The van der Waals surface area contributed by atoms with Crippen molar-refractivity contribution in [1.29, 1.82) is 0 Å². The van der Waals surface area contributed by atoms with Gasteiger partial charge in [0.2, 0.25) is 5.95 Å². The molecular formula is C18H18ClF3N4O2S. The summed E-state index contributed by atoms with van der Waals surface area (Å²) in [7, 11) is -2.72. The Hall–Kier alpha value is -2.04. The Morgan fingerprint density at radius 3 is 2.52 bits per heavy atom. The van der Waals surface area contributed by atoms with E-state index in [1.807, 2.05) is 11.8 Å². The molecule has 0 amide bonds. The Morgan fingerprint density at radius 1 is 1.21 bits per heavy atom. The number of sulfonamides is 1. The summed E-state index contributed by atoms with van der Waals surface area (Å²) in [6, 6.07) is 4.30. The van der Waals surface area contributed by atoms with E-state index < -0.39 is 43.3 Å². The fourth-order valence-electron chi connectivity index (χ4n) is 3.93. The lowest BCUT2D eigenvalue weighted by atomic mass is 9.85. The molecule has 3 heterocycles. The van der Waals surface area contributed by atoms with Gasteiger partial charge >= 0.3 is 0 Å². The van der Waals surface area contributed by atoms with Crippen molar-refractivity contribution in [2.75, 3.05) is 36.3 Å². The number of nitrogens with zero attached hydrogens (tertiary/aromatic N) is 3. The summed E-state index contributed by atoms with van der Waals surface area (Å²) in [6.07, 6.45) is 1.81. The number of rotatable bonds is 4. The van der Waals surface area contributed by atoms with E-state index in [-0.39, 0.29) is 11.2 Å². The molecular weight excluding hydrogens is 429 g/mol. The van der Waals surface area contributed by atoms with Crippen LogP contribution in [0.4, 0.5) is 24.7 Å². The van der Waals surface area contributed by atoms with Gasteiger partial charge in [-0.2, -0.15) is 4.39 Å². The lowest BCUT2D eigenvalue weighted by molar-refractivity contribution is 0.0307. The molecule has 2 aliphatic heterocycles. The Bertz CT molecular complexity index is 1090. The molecule has 2 saturated heterocycles. The van der Waals surface area contributed by atoms with Crippen LogP contribution in [-0.2, 0) is 10.0 Å². The van der Waals surface area contributed by atoms with Crippen LogP contribution in [0.25, 0.3) is 0 Å². The van der Waals surface area contributed by atoms with Crippen LogP contribution in [-0.4, -0.2) is 50.5 Å². The smallest absolute Gasteiger partial charge is 0.268 e. The number of halogens is 4. The molecule has 0 saturated carbocycles. The molecule has 0 bridgehead atoms. The lowest BCUT2D eigenvalue weighted by Crippen LogP contribution is -2.59. The summed E-state index contributed by atoms with van der Waals surface area (Å²) in [5, 5.41) is -0.474. The molecule has 6 nitrogen and oxygen atoms in total. The molecule has 0 radical (unpaired) electrons. The Balaban J connectivity index is 1.67. The highest BCUT2D eigenvalue weighted by Crippen LogP contribution is 2.43. The molecule has 1 atom stereocenters. The van der Waals surface area contributed by atoms with Gasteiger partial charge in [0.1, 0.15) is 16.7 Å². The van der Waals surface area contributed by atoms with E-state index in [9.17, 15) is 21.6 Å². The summed E-state index contributed by atoms with van der Waals surface area (Å²) in [4.78, 5) is 6.07. The van der Waals surface area contributed by atoms with Crippen molar-refractivity contribution in [3.8, 4) is 0 Å². The Labute approximate surface area is 171 Å². The maximum atomic E-state index is 14.9. The normalized spacial score (nSPS) is 22.2. The second kappa shape index (κ2) is 7.03. The van der Waals surface area contributed by atoms with Crippen molar-refractivity contribution >= 4 is 33.1 Å². The summed E-state index contributed by atoms with van der Waals surface area (Å²) in [5.74, 6) is -4.02. The first kappa shape index (κ1) is 20.2. The van der Waals surface area contributed by atoms with Gasteiger partial charge in [0.15, 0.2) is 10.7 Å². The number of pyridine rings is 1. The molecule has 1 spiro atoms. The van der Waals surface area contributed by atoms with E-state index >= 15 is 0 Å². The number of hydrogen-bond acceptors (Lipinski definition) is 5. The van der Waals surface area contributed by atoms with Crippen LogP contribution in [0, 0.1) is 17.6 Å². The highest BCUT2D eigenvalue weighted by atomic mass is 35.5. The Kier molecular flexibility index (Phi) is 4.91. The minimum absolute atomic E-state index is 0.0361. The standard InChI is InChI=1S/C18H18ClF3N4O2S/c1-25-7-5-18(25)6-8-26(10-18)12-9-11(20)17(16(22)15(12)19)29(27,28)24-14-4-2-3-13(21)23-14/h2-4,9H,5-8,10H2,1H3,(H,23,24). The van der Waals surface area contributed by atoms with Crippen LogP contribution in [0.15, 0.2) is 29.2 Å². The van der Waals surface area contributed by atoms with E-state index in [4.69, 9.17) is 11.6 Å². The second-order valence-electron chi connectivity index (χ2n) is 7.35. The third kappa shape index (κ3) is 3.43. The second-order valence-corrected chi connectivity index (χ2v) is 9.35. The van der Waals surface area contributed by atoms with Crippen molar-refractivity contribution in [2.24, 2.45) is 0 Å². The number of likely N-dealkylation sites (N-methyl/N-ethyl adjacent to an activating group) is 1. The van der Waals surface area contributed by atoms with Crippen molar-refractivity contribution in [3.63, 3.8) is 0 Å². The molecule has 29 heavy (non-hydrogen) atoms. The van der Waals surface area contributed by atoms with Crippen LogP contribution in [0.5, 0.6) is 0 Å². The highest BCUT2D eigenvalue weighted by molar-refractivity contribution is 7.92. The zero-order valence-corrected chi connectivity index (χ0v) is 17.0. The van der Waals surface area contributed by atoms with Crippen LogP contribution in [0.1, 0.15) is 12.8 Å². The zero-order valence-electron chi connectivity index (χ0n) is 15.4. The quantitative estimate of drug-likeness (QED) is 0.577. The number of aromatic nitrogens is 1. The summed E-state index contributed by atoms with van der Waals surface area (Å²) in [6.45, 7) is 2.07. The van der Waals surface area contributed by atoms with Crippen molar-refractivity contribution in [3.05, 3.63) is 46.9 Å². The van der Waals surface area contributed by atoms with Crippen LogP contribution < -0.4 is 9.62 Å². The van der Waals surface area contributed by atoms with E-state index in [0.29, 0.717) is 13.1 Å². The topological polar surface area (TPSA) is 65.5 Å². The fraction of sp³-hybridized carbons (Fsp3) is 0.389. The average Bonchev–Trinajstić information content (AvgIpc) is 3.11. The van der Waals surface area contributed by atoms with Gasteiger partial charge in [0.05, 0.1) is 5.69 Å². The summed E-state index contributed by atoms with van der Waals surface area (Å²) >= 11 is 6.11. The van der Waals surface area contributed by atoms with E-state index in [1.54, 1.807) is 4.90 Å². The molecule has 1 aromatic carbocycles. The summed E-state index contributed by atoms with van der Waals surface area (Å²) in [5.41, 5.74) is 0.0766. The number of benzene rings is 1. The third-order valence-corrected chi connectivity index (χ3v) is 7.46. The number of hydrogen-bond donors (Lipinski definition) is 1. The molecule has 11 heteroatoms. The Morgan fingerprint density at radius 2 is 1.93 bits per heavy atom. The van der Waals surface area contributed by atoms with Crippen LogP contribution >= 0.6 is 11.6 Å². The predicted molar refractivity (Wildman–Crippen MR) is 103 cm³/mol. The highest BCUT2D eigenvalue weighted by Gasteiger charge is 2.47. The first-order valence-electron chi connectivity index (χ1n) is 8.92. The van der Waals surface area contributed by atoms with Gasteiger partial charge in [0.25, 0.3) is 10.0 Å². The number of likely N-dealkylation sites (tertiary alicyclic amines) is 1. The lowest BCUT2D eigenvalue weighted by Gasteiger charge is -2.48. The molecule has 1 N–H and O–H groups in total. The molecule has 2 aliphatic rings. The van der Waals surface area contributed by atoms with Gasteiger partial charge in [-0.3, -0.25) is 9.62 Å². The van der Waals surface area contributed by atoms with Crippen LogP contribution in [0.2, 0.25) is 5.02 Å². The molecule has 0 aliphatic carbocycles. The van der Waals surface area contributed by atoms with Gasteiger partial charge in [-0.1, -0.05) is 17.7 Å². The van der Waals surface area contributed by atoms with Gasteiger partial charge < -0.3 is 4.90 Å². The van der Waals surface area contributed by atoms with Crippen molar-refractivity contribution in [2.45, 2.75) is 23.3 Å². The van der Waals surface area contributed by atoms with Crippen molar-refractivity contribution in [1.82, 2.24) is 9.88 Å². The maximum Gasteiger partial charge on any atom is 0.268 e. The predicted octanol–water partition coefficient (Wildman–Crippen LogP) is 3.24. The SMILES string of the molecule is CN1CCC12CCN(c1cc(F)c(S(=O)(=O)Nc3cccc(F)n3)c(F)c1Cl)C2. The average molecular weight is 447 g/mol.